The number of carbonyl (C=O) groups is 1. The Bertz CT molecular complexity index is 1550. The molecule has 1 aliphatic heterocycles. The van der Waals surface area contributed by atoms with Gasteiger partial charge in [-0.25, -0.2) is 9.37 Å². The van der Waals surface area contributed by atoms with Crippen LogP contribution in [-0.2, 0) is 0 Å². The molecule has 1 fully saturated rings. The van der Waals surface area contributed by atoms with Gasteiger partial charge in [0.2, 0.25) is 5.89 Å². The normalized spacial score (nSPS) is 13.1. The van der Waals surface area contributed by atoms with Crippen LogP contribution < -0.4 is 15.5 Å². The molecule has 5 rings (SSSR count). The van der Waals surface area contributed by atoms with Gasteiger partial charge in [0.05, 0.1) is 15.5 Å². The summed E-state index contributed by atoms with van der Waals surface area (Å²) in [6, 6.07) is 13.3. The molecule has 0 aliphatic carbocycles. The maximum absolute atomic E-state index is 13.4. The number of fused-ring (bicyclic) bond motifs is 1. The molecule has 12 heteroatoms. The summed E-state index contributed by atoms with van der Waals surface area (Å²) in [7, 11) is 0. The fourth-order valence-electron chi connectivity index (χ4n) is 4.16. The SMILES string of the molecule is O=C(NC(=S)Nc1ccc2oc(-c3ccc(F)cc3Cl)nc2c1)c1ccc(N2CCCC2)c([N+](=O)[O-])c1. The Hall–Kier alpha value is -4.09. The monoisotopic (exact) mass is 539 g/mol. The average Bonchev–Trinajstić information content (AvgIpc) is 3.53. The molecule has 0 saturated carbocycles. The van der Waals surface area contributed by atoms with E-state index < -0.39 is 16.6 Å². The van der Waals surface area contributed by atoms with Crippen LogP contribution in [-0.4, -0.2) is 34.0 Å². The quantitative estimate of drug-likeness (QED) is 0.182. The first-order valence-corrected chi connectivity index (χ1v) is 12.1. The van der Waals surface area contributed by atoms with Crippen LogP contribution in [0.15, 0.2) is 59.0 Å². The van der Waals surface area contributed by atoms with Crippen molar-refractivity contribution in [1.29, 1.82) is 0 Å². The van der Waals surface area contributed by atoms with Crippen molar-refractivity contribution in [2.24, 2.45) is 0 Å². The number of nitro groups is 1. The van der Waals surface area contributed by atoms with E-state index in [2.05, 4.69) is 15.6 Å². The van der Waals surface area contributed by atoms with Crippen molar-refractivity contribution in [2.45, 2.75) is 12.8 Å². The van der Waals surface area contributed by atoms with Crippen molar-refractivity contribution in [3.63, 3.8) is 0 Å². The second kappa shape index (κ2) is 10.1. The van der Waals surface area contributed by atoms with Crippen LogP contribution in [0.25, 0.3) is 22.6 Å². The topological polar surface area (TPSA) is 114 Å². The summed E-state index contributed by atoms with van der Waals surface area (Å²) in [6.45, 7) is 1.49. The Morgan fingerprint density at radius 2 is 1.92 bits per heavy atom. The number of rotatable bonds is 5. The Kier molecular flexibility index (Phi) is 6.72. The maximum Gasteiger partial charge on any atom is 0.293 e. The molecule has 9 nitrogen and oxygen atoms in total. The lowest BCUT2D eigenvalue weighted by molar-refractivity contribution is -0.384. The number of hydrogen-bond donors (Lipinski definition) is 2. The minimum absolute atomic E-state index is 0.000852. The summed E-state index contributed by atoms with van der Waals surface area (Å²) < 4.78 is 19.1. The average molecular weight is 540 g/mol. The summed E-state index contributed by atoms with van der Waals surface area (Å²) in [5.41, 5.74) is 2.43. The fourth-order valence-corrected chi connectivity index (χ4v) is 4.62. The molecule has 0 bridgehead atoms. The van der Waals surface area contributed by atoms with Crippen molar-refractivity contribution < 1.29 is 18.5 Å². The third kappa shape index (κ3) is 5.23. The zero-order chi connectivity index (χ0) is 26.1. The number of aromatic nitrogens is 1. The number of nitro benzene ring substituents is 1. The number of amides is 1. The molecule has 188 valence electrons. The molecule has 2 N–H and O–H groups in total. The molecule has 37 heavy (non-hydrogen) atoms. The highest BCUT2D eigenvalue weighted by atomic mass is 35.5. The van der Waals surface area contributed by atoms with Crippen molar-refractivity contribution >= 4 is 63.0 Å². The lowest BCUT2D eigenvalue weighted by atomic mass is 10.1. The highest BCUT2D eigenvalue weighted by Gasteiger charge is 2.24. The minimum Gasteiger partial charge on any atom is -0.436 e. The first kappa shape index (κ1) is 24.6. The molecular formula is C25H19ClFN5O4S. The molecule has 1 aromatic heterocycles. The standard InChI is InChI=1S/C25H19ClFN5O4S/c26-18-12-15(27)4-6-17(18)24-29-19-13-16(5-8-22(19)36-24)28-25(37)30-23(33)14-3-7-20(21(11-14)32(34)35)31-9-1-2-10-31/h3-8,11-13H,1-2,9-10H2,(H2,28,30,33,37). The van der Waals surface area contributed by atoms with E-state index in [0.717, 1.165) is 25.9 Å². The zero-order valence-corrected chi connectivity index (χ0v) is 20.7. The van der Waals surface area contributed by atoms with Crippen LogP contribution in [0.3, 0.4) is 0 Å². The van der Waals surface area contributed by atoms with Gasteiger partial charge in [-0.2, -0.15) is 0 Å². The van der Waals surface area contributed by atoms with Gasteiger partial charge >= 0.3 is 0 Å². The molecule has 1 aliphatic rings. The number of anilines is 2. The number of nitrogens with zero attached hydrogens (tertiary/aromatic N) is 3. The molecule has 0 radical (unpaired) electrons. The van der Waals surface area contributed by atoms with Gasteiger partial charge in [-0.3, -0.25) is 20.2 Å². The molecule has 0 atom stereocenters. The third-order valence-corrected chi connectivity index (χ3v) is 6.43. The molecule has 1 amide bonds. The summed E-state index contributed by atoms with van der Waals surface area (Å²) >= 11 is 11.4. The highest BCUT2D eigenvalue weighted by molar-refractivity contribution is 7.80. The van der Waals surface area contributed by atoms with Crippen molar-refractivity contribution in [3.8, 4) is 11.5 Å². The highest BCUT2D eigenvalue weighted by Crippen LogP contribution is 2.33. The van der Waals surface area contributed by atoms with Gasteiger partial charge in [0.15, 0.2) is 10.7 Å². The number of carbonyl (C=O) groups excluding carboxylic acids is 1. The molecule has 2 heterocycles. The molecule has 1 saturated heterocycles. The molecule has 4 aromatic rings. The number of thiocarbonyl (C=S) groups is 1. The fraction of sp³-hybridized carbons (Fsp3) is 0.160. The smallest absolute Gasteiger partial charge is 0.293 e. The van der Waals surface area contributed by atoms with E-state index in [-0.39, 0.29) is 27.3 Å². The molecular weight excluding hydrogens is 521 g/mol. The third-order valence-electron chi connectivity index (χ3n) is 5.92. The van der Waals surface area contributed by atoms with E-state index in [1.807, 2.05) is 4.90 Å². The second-order valence-electron chi connectivity index (χ2n) is 8.39. The lowest BCUT2D eigenvalue weighted by Crippen LogP contribution is -2.34. The number of benzene rings is 3. The number of nitrogens with one attached hydrogen (secondary N) is 2. The van der Waals surface area contributed by atoms with Gasteiger partial charge in [0.25, 0.3) is 11.6 Å². The van der Waals surface area contributed by atoms with E-state index >= 15 is 0 Å². The first-order valence-electron chi connectivity index (χ1n) is 11.3. The van der Waals surface area contributed by atoms with Gasteiger partial charge in [0, 0.05) is 30.4 Å². The lowest BCUT2D eigenvalue weighted by Gasteiger charge is -2.18. The van der Waals surface area contributed by atoms with Crippen LogP contribution in [0.5, 0.6) is 0 Å². The minimum atomic E-state index is -0.579. The Morgan fingerprint density at radius 3 is 2.65 bits per heavy atom. The van der Waals surface area contributed by atoms with Crippen LogP contribution in [0.1, 0.15) is 23.2 Å². The van der Waals surface area contributed by atoms with E-state index in [1.54, 1.807) is 30.3 Å². The summed E-state index contributed by atoms with van der Waals surface area (Å²) in [6.07, 6.45) is 1.95. The summed E-state index contributed by atoms with van der Waals surface area (Å²) in [5.74, 6) is -0.819. The number of hydrogen-bond acceptors (Lipinski definition) is 7. The first-order chi connectivity index (χ1) is 17.8. The van der Waals surface area contributed by atoms with Crippen molar-refractivity contribution in [1.82, 2.24) is 10.3 Å². The Balaban J connectivity index is 1.29. The van der Waals surface area contributed by atoms with Gasteiger partial charge in [-0.15, -0.1) is 0 Å². The van der Waals surface area contributed by atoms with E-state index in [4.69, 9.17) is 28.2 Å². The largest absolute Gasteiger partial charge is 0.436 e. The summed E-state index contributed by atoms with van der Waals surface area (Å²) in [4.78, 5) is 30.2. The van der Waals surface area contributed by atoms with E-state index in [9.17, 15) is 19.3 Å². The number of oxazole rings is 1. The van der Waals surface area contributed by atoms with Gasteiger partial charge in [-0.1, -0.05) is 11.6 Å². The van der Waals surface area contributed by atoms with Crippen molar-refractivity contribution in [2.75, 3.05) is 23.3 Å². The predicted molar refractivity (Wildman–Crippen MR) is 143 cm³/mol. The maximum atomic E-state index is 13.4. The molecule has 0 spiro atoms. The second-order valence-corrected chi connectivity index (χ2v) is 9.20. The van der Waals surface area contributed by atoms with Crippen LogP contribution >= 0.6 is 23.8 Å². The van der Waals surface area contributed by atoms with Gasteiger partial charge in [-0.05, 0) is 73.6 Å². The zero-order valence-electron chi connectivity index (χ0n) is 19.2. The Labute approximate surface area is 220 Å². The van der Waals surface area contributed by atoms with Crippen LogP contribution in [0, 0.1) is 15.9 Å². The van der Waals surface area contributed by atoms with Crippen LogP contribution in [0.4, 0.5) is 21.5 Å². The van der Waals surface area contributed by atoms with Gasteiger partial charge in [0.1, 0.15) is 17.0 Å². The summed E-state index contributed by atoms with van der Waals surface area (Å²) in [5, 5.41) is 17.2. The molecule has 0 unspecified atom stereocenters. The van der Waals surface area contributed by atoms with E-state index in [1.165, 1.54) is 24.3 Å². The van der Waals surface area contributed by atoms with Crippen LogP contribution in [0.2, 0.25) is 5.02 Å². The van der Waals surface area contributed by atoms with Crippen molar-refractivity contribution in [3.05, 3.63) is 81.1 Å². The van der Waals surface area contributed by atoms with E-state index in [0.29, 0.717) is 28.0 Å². The Morgan fingerprint density at radius 1 is 1.14 bits per heavy atom. The number of halogens is 2. The molecule has 3 aromatic carbocycles. The van der Waals surface area contributed by atoms with Gasteiger partial charge < -0.3 is 14.6 Å². The predicted octanol–water partition coefficient (Wildman–Crippen LogP) is 5.92.